The van der Waals surface area contributed by atoms with Crippen LogP contribution in [0.1, 0.15) is 42.4 Å². The fourth-order valence-electron chi connectivity index (χ4n) is 4.79. The number of carboxylic acids is 1. The summed E-state index contributed by atoms with van der Waals surface area (Å²) in [6, 6.07) is 26.0. The second-order valence-electron chi connectivity index (χ2n) is 9.25. The number of aliphatic carboxylic acids is 1. The predicted octanol–water partition coefficient (Wildman–Crippen LogP) is 7.00. The first kappa shape index (κ1) is 23.6. The molecule has 1 saturated heterocycles. The summed E-state index contributed by atoms with van der Waals surface area (Å²) in [5.74, 6) is -0.0159. The van der Waals surface area contributed by atoms with E-state index in [1.165, 1.54) is 63.1 Å². The summed E-state index contributed by atoms with van der Waals surface area (Å²) < 4.78 is 7.03. The van der Waals surface area contributed by atoms with Crippen LogP contribution in [0, 0.1) is 0 Å². The van der Waals surface area contributed by atoms with Crippen molar-refractivity contribution in [2.24, 2.45) is 0 Å². The highest BCUT2D eigenvalue weighted by atomic mass is 32.1. The molecule has 0 aliphatic carbocycles. The van der Waals surface area contributed by atoms with Gasteiger partial charge in [0.15, 0.2) is 0 Å². The number of carboxylic acid groups (broad SMARTS) is 1. The molecule has 4 nitrogen and oxygen atoms in total. The van der Waals surface area contributed by atoms with Crippen LogP contribution >= 0.6 is 11.3 Å². The SMILES string of the molecule is O=C(O)CCCOc1ccc(-c2sc3ccccc3c2Cc2ccc(CN3CCCC3)cc2)cc1. The zero-order valence-electron chi connectivity index (χ0n) is 19.9. The van der Waals surface area contributed by atoms with Crippen molar-refractivity contribution < 1.29 is 14.6 Å². The largest absolute Gasteiger partial charge is 0.494 e. The Morgan fingerprint density at radius 3 is 2.37 bits per heavy atom. The maximum Gasteiger partial charge on any atom is 0.303 e. The molecule has 3 aromatic carbocycles. The number of hydrogen-bond donors (Lipinski definition) is 1. The molecule has 0 spiro atoms. The van der Waals surface area contributed by atoms with Gasteiger partial charge in [-0.15, -0.1) is 11.3 Å². The van der Waals surface area contributed by atoms with Gasteiger partial charge >= 0.3 is 5.97 Å². The van der Waals surface area contributed by atoms with Crippen LogP contribution in [-0.2, 0) is 17.8 Å². The molecule has 1 aliphatic heterocycles. The number of hydrogen-bond acceptors (Lipinski definition) is 4. The van der Waals surface area contributed by atoms with Crippen molar-refractivity contribution in [1.82, 2.24) is 4.90 Å². The van der Waals surface area contributed by atoms with E-state index < -0.39 is 5.97 Å². The Balaban J connectivity index is 1.34. The van der Waals surface area contributed by atoms with E-state index in [9.17, 15) is 4.79 Å². The summed E-state index contributed by atoms with van der Waals surface area (Å²) in [6.45, 7) is 3.90. The van der Waals surface area contributed by atoms with Gasteiger partial charge in [-0.25, -0.2) is 0 Å². The number of rotatable bonds is 10. The summed E-state index contributed by atoms with van der Waals surface area (Å²) >= 11 is 1.84. The molecule has 0 atom stereocenters. The van der Waals surface area contributed by atoms with Crippen molar-refractivity contribution in [3.05, 3.63) is 89.5 Å². The van der Waals surface area contributed by atoms with E-state index in [-0.39, 0.29) is 6.42 Å². The minimum atomic E-state index is -0.789. The summed E-state index contributed by atoms with van der Waals surface area (Å²) in [5.41, 5.74) is 5.28. The molecular weight excluding hydrogens is 454 g/mol. The number of nitrogens with zero attached hydrogens (tertiary/aromatic N) is 1. The highest BCUT2D eigenvalue weighted by Crippen LogP contribution is 2.40. The molecule has 0 radical (unpaired) electrons. The van der Waals surface area contributed by atoms with E-state index in [1.807, 2.05) is 23.5 Å². The van der Waals surface area contributed by atoms with Crippen LogP contribution in [0.25, 0.3) is 20.5 Å². The van der Waals surface area contributed by atoms with Crippen LogP contribution < -0.4 is 4.74 Å². The average molecular weight is 486 g/mol. The Bertz CT molecular complexity index is 1270. The van der Waals surface area contributed by atoms with Crippen molar-refractivity contribution in [2.75, 3.05) is 19.7 Å². The second-order valence-corrected chi connectivity index (χ2v) is 10.3. The molecule has 0 unspecified atom stereocenters. The maximum atomic E-state index is 10.7. The summed E-state index contributed by atoms with van der Waals surface area (Å²) in [5, 5.41) is 10.1. The summed E-state index contributed by atoms with van der Waals surface area (Å²) in [4.78, 5) is 14.5. The quantitative estimate of drug-likeness (QED) is 0.246. The number of likely N-dealkylation sites (tertiary alicyclic amines) is 1. The highest BCUT2D eigenvalue weighted by Gasteiger charge is 2.15. The third-order valence-electron chi connectivity index (χ3n) is 6.63. The van der Waals surface area contributed by atoms with E-state index in [0.717, 1.165) is 18.7 Å². The topological polar surface area (TPSA) is 49.8 Å². The first-order valence-electron chi connectivity index (χ1n) is 12.4. The Kier molecular flexibility index (Phi) is 7.45. The number of thiophene rings is 1. The molecule has 35 heavy (non-hydrogen) atoms. The van der Waals surface area contributed by atoms with Crippen LogP contribution in [-0.4, -0.2) is 35.7 Å². The molecule has 1 aliphatic rings. The minimum Gasteiger partial charge on any atom is -0.494 e. The lowest BCUT2D eigenvalue weighted by atomic mass is 9.98. The third kappa shape index (κ3) is 5.92. The van der Waals surface area contributed by atoms with Gasteiger partial charge in [0.25, 0.3) is 0 Å². The number of benzene rings is 3. The second kappa shape index (κ2) is 11.1. The van der Waals surface area contributed by atoms with Gasteiger partial charge in [0.2, 0.25) is 0 Å². The van der Waals surface area contributed by atoms with Gasteiger partial charge in [-0.05, 0) is 96.7 Å². The Morgan fingerprint density at radius 1 is 0.914 bits per heavy atom. The molecule has 0 saturated carbocycles. The normalized spacial score (nSPS) is 13.9. The lowest BCUT2D eigenvalue weighted by Gasteiger charge is -2.14. The van der Waals surface area contributed by atoms with Crippen LogP contribution in [0.5, 0.6) is 5.75 Å². The predicted molar refractivity (Wildman–Crippen MR) is 143 cm³/mol. The maximum absolute atomic E-state index is 10.7. The molecule has 2 heterocycles. The van der Waals surface area contributed by atoms with Crippen LogP contribution in [0.15, 0.2) is 72.8 Å². The number of carbonyl (C=O) groups is 1. The first-order chi connectivity index (χ1) is 17.2. The van der Waals surface area contributed by atoms with E-state index in [4.69, 9.17) is 9.84 Å². The standard InChI is InChI=1S/C30H31NO3S/c32-29(33)8-5-19-34-25-15-13-24(14-16-25)30-27(26-6-1-2-7-28(26)35-30)20-22-9-11-23(12-10-22)21-31-17-3-4-18-31/h1-2,6-7,9-16H,3-5,8,17-21H2,(H,32,33). The number of ether oxygens (including phenoxy) is 1. The van der Waals surface area contributed by atoms with Gasteiger partial charge in [0.05, 0.1) is 6.61 Å². The Hall–Kier alpha value is -3.15. The highest BCUT2D eigenvalue weighted by molar-refractivity contribution is 7.22. The molecule has 180 valence electrons. The molecule has 0 bridgehead atoms. The van der Waals surface area contributed by atoms with E-state index in [2.05, 4.69) is 65.6 Å². The third-order valence-corrected chi connectivity index (χ3v) is 7.89. The lowest BCUT2D eigenvalue weighted by molar-refractivity contribution is -0.137. The van der Waals surface area contributed by atoms with E-state index >= 15 is 0 Å². The Labute approximate surface area is 210 Å². The Morgan fingerprint density at radius 2 is 1.63 bits per heavy atom. The molecule has 0 amide bonds. The molecule has 4 aromatic rings. The summed E-state index contributed by atoms with van der Waals surface area (Å²) in [6.07, 6.45) is 4.18. The van der Waals surface area contributed by atoms with Gasteiger partial charge in [0.1, 0.15) is 5.75 Å². The molecule has 5 rings (SSSR count). The smallest absolute Gasteiger partial charge is 0.303 e. The zero-order valence-corrected chi connectivity index (χ0v) is 20.7. The van der Waals surface area contributed by atoms with E-state index in [0.29, 0.717) is 13.0 Å². The van der Waals surface area contributed by atoms with E-state index in [1.54, 1.807) is 0 Å². The molecule has 5 heteroatoms. The molecule has 1 N–H and O–H groups in total. The fourth-order valence-corrected chi connectivity index (χ4v) is 6.02. The molecule has 1 fully saturated rings. The van der Waals surface area contributed by atoms with Crippen molar-refractivity contribution in [2.45, 2.75) is 38.6 Å². The molecular formula is C30H31NO3S. The number of fused-ring (bicyclic) bond motifs is 1. The fraction of sp³-hybridized carbons (Fsp3) is 0.300. The minimum absolute atomic E-state index is 0.127. The van der Waals surface area contributed by atoms with Gasteiger partial charge in [-0.2, -0.15) is 0 Å². The molecule has 1 aromatic heterocycles. The monoisotopic (exact) mass is 485 g/mol. The van der Waals surface area contributed by atoms with Crippen molar-refractivity contribution in [3.63, 3.8) is 0 Å². The van der Waals surface area contributed by atoms with Crippen molar-refractivity contribution in [1.29, 1.82) is 0 Å². The van der Waals surface area contributed by atoms with Gasteiger partial charge < -0.3 is 9.84 Å². The van der Waals surface area contributed by atoms with Crippen LogP contribution in [0.2, 0.25) is 0 Å². The zero-order chi connectivity index (χ0) is 24.0. The average Bonchev–Trinajstić information content (AvgIpc) is 3.51. The van der Waals surface area contributed by atoms with Gasteiger partial charge in [-0.1, -0.05) is 42.5 Å². The van der Waals surface area contributed by atoms with Crippen LogP contribution in [0.3, 0.4) is 0 Å². The lowest BCUT2D eigenvalue weighted by Crippen LogP contribution is -2.18. The van der Waals surface area contributed by atoms with Gasteiger partial charge in [0, 0.05) is 22.5 Å². The van der Waals surface area contributed by atoms with Crippen LogP contribution in [0.4, 0.5) is 0 Å². The van der Waals surface area contributed by atoms with Gasteiger partial charge in [-0.3, -0.25) is 9.69 Å². The van der Waals surface area contributed by atoms with Crippen molar-refractivity contribution in [3.8, 4) is 16.2 Å². The first-order valence-corrected chi connectivity index (χ1v) is 13.2. The summed E-state index contributed by atoms with van der Waals surface area (Å²) in [7, 11) is 0. The van der Waals surface area contributed by atoms with Crippen molar-refractivity contribution >= 4 is 27.4 Å².